The first-order valence-electron chi connectivity index (χ1n) is 13.9. The van der Waals surface area contributed by atoms with Crippen LogP contribution in [0, 0.1) is 5.92 Å². The Balaban J connectivity index is 1.71. The molecular weight excluding hydrogens is 576 g/mol. The second-order valence-electron chi connectivity index (χ2n) is 10.2. The Morgan fingerprint density at radius 1 is 1.02 bits per heavy atom. The number of para-hydroxylation sites is 1. The third-order valence-corrected chi connectivity index (χ3v) is 8.11. The molecule has 0 aliphatic carbocycles. The molecule has 43 heavy (non-hydrogen) atoms. The lowest BCUT2D eigenvalue weighted by Crippen LogP contribution is -2.36. The number of aliphatic imine (C=N–C) groups is 1. The first kappa shape index (κ1) is 33.8. The number of sulfone groups is 1. The quantitative estimate of drug-likeness (QED) is 0.226. The molecule has 2 N–H and O–H groups in total. The van der Waals surface area contributed by atoms with Gasteiger partial charge in [-0.25, -0.2) is 13.2 Å². The molecule has 0 saturated carbocycles. The van der Waals surface area contributed by atoms with Gasteiger partial charge < -0.3 is 29.4 Å². The summed E-state index contributed by atoms with van der Waals surface area (Å²) in [5, 5.41) is 13.3. The van der Waals surface area contributed by atoms with Gasteiger partial charge in [-0.1, -0.05) is 18.2 Å². The zero-order valence-corrected chi connectivity index (χ0v) is 26.0. The van der Waals surface area contributed by atoms with E-state index >= 15 is 0 Å². The molecule has 2 aromatic carbocycles. The third kappa shape index (κ3) is 9.12. The normalized spacial score (nSPS) is 17.6. The topological polar surface area (TPSA) is 150 Å². The van der Waals surface area contributed by atoms with Crippen LogP contribution in [0.1, 0.15) is 38.2 Å². The lowest BCUT2D eigenvalue weighted by atomic mass is 9.75. The number of hydrogen-bond acceptors (Lipinski definition) is 11. The number of aliphatic hydroxyl groups is 1. The number of aliphatic hydroxyl groups excluding tert-OH is 1. The minimum absolute atomic E-state index is 0.0134. The number of carbonyl (C=O) groups excluding carboxylic acids is 2. The number of esters is 2. The molecule has 0 spiro atoms. The molecule has 1 aliphatic rings. The zero-order valence-electron chi connectivity index (χ0n) is 25.2. The number of allylic oxidation sites excluding steroid dienone is 1. The minimum Gasteiger partial charge on any atom is -0.493 e. The molecule has 3 unspecified atom stereocenters. The van der Waals surface area contributed by atoms with Crippen LogP contribution < -0.4 is 14.8 Å². The standard InChI is InChI=1S/C31H40N2O9S/c1-20-27(30(35)39-3)29(28(21(2)33-20)31(36)40-4)25-17-24(43(5,37)38)13-14-26(25)41-16-10-9-15-32-18-22(34)19-42-23-11-7-6-8-12-23/h6-8,11-14,17,22,27,29,32,34H,9-10,15-16,18-19H2,1-5H3. The fraction of sp³-hybridized carbons (Fsp3) is 0.452. The Kier molecular flexibility index (Phi) is 12.3. The molecule has 1 aliphatic heterocycles. The van der Waals surface area contributed by atoms with Crippen molar-refractivity contribution < 1.29 is 42.1 Å². The first-order chi connectivity index (χ1) is 20.5. The van der Waals surface area contributed by atoms with Gasteiger partial charge in [-0.2, -0.15) is 0 Å². The van der Waals surface area contributed by atoms with Crippen LogP contribution >= 0.6 is 0 Å². The predicted octanol–water partition coefficient (Wildman–Crippen LogP) is 3.07. The molecule has 0 saturated heterocycles. The number of carbonyl (C=O) groups is 2. The minimum atomic E-state index is -3.63. The van der Waals surface area contributed by atoms with E-state index < -0.39 is 39.7 Å². The van der Waals surface area contributed by atoms with Gasteiger partial charge in [0.15, 0.2) is 9.84 Å². The fourth-order valence-corrected chi connectivity index (χ4v) is 5.54. The van der Waals surface area contributed by atoms with Crippen LogP contribution in [0.4, 0.5) is 0 Å². The fourth-order valence-electron chi connectivity index (χ4n) is 4.88. The molecule has 0 bridgehead atoms. The summed E-state index contributed by atoms with van der Waals surface area (Å²) in [5.41, 5.74) is 1.23. The molecular formula is C31H40N2O9S. The van der Waals surface area contributed by atoms with E-state index in [-0.39, 0.29) is 23.7 Å². The molecule has 0 radical (unpaired) electrons. The zero-order chi connectivity index (χ0) is 31.6. The van der Waals surface area contributed by atoms with Gasteiger partial charge in [0, 0.05) is 35.7 Å². The molecule has 1 heterocycles. The molecule has 0 fully saturated rings. The molecule has 3 rings (SSSR count). The summed E-state index contributed by atoms with van der Waals surface area (Å²) in [6.07, 6.45) is 1.78. The number of methoxy groups -OCH3 is 2. The Hall–Kier alpha value is -3.74. The maximum absolute atomic E-state index is 13.0. The second kappa shape index (κ2) is 15.6. The van der Waals surface area contributed by atoms with E-state index in [2.05, 4.69) is 10.3 Å². The molecule has 234 valence electrons. The van der Waals surface area contributed by atoms with E-state index in [9.17, 15) is 23.1 Å². The maximum atomic E-state index is 13.0. The molecule has 12 heteroatoms. The van der Waals surface area contributed by atoms with Crippen molar-refractivity contribution >= 4 is 27.5 Å². The van der Waals surface area contributed by atoms with Gasteiger partial charge in [0.1, 0.15) is 30.1 Å². The Bertz CT molecular complexity index is 1440. The van der Waals surface area contributed by atoms with Crippen molar-refractivity contribution in [2.45, 2.75) is 43.6 Å². The maximum Gasteiger partial charge on any atom is 0.336 e. The average Bonchev–Trinajstić information content (AvgIpc) is 2.98. The van der Waals surface area contributed by atoms with Crippen molar-refractivity contribution in [2.75, 3.05) is 46.8 Å². The SMILES string of the molecule is COC(=O)C1=C(C)N=C(C)C(C(=O)OC)C1c1cc(S(C)(=O)=O)ccc1OCCCCNCC(O)COc1ccccc1. The second-order valence-corrected chi connectivity index (χ2v) is 12.2. The highest BCUT2D eigenvalue weighted by molar-refractivity contribution is 7.90. The molecule has 0 amide bonds. The van der Waals surface area contributed by atoms with Crippen LogP contribution in [0.5, 0.6) is 11.5 Å². The largest absolute Gasteiger partial charge is 0.493 e. The monoisotopic (exact) mass is 616 g/mol. The Labute approximate surface area is 252 Å². The average molecular weight is 617 g/mol. The number of nitrogens with zero attached hydrogens (tertiary/aromatic N) is 1. The summed E-state index contributed by atoms with van der Waals surface area (Å²) in [5.74, 6) is -2.24. The number of nitrogens with one attached hydrogen (secondary N) is 1. The highest BCUT2D eigenvalue weighted by atomic mass is 32.2. The van der Waals surface area contributed by atoms with Crippen molar-refractivity contribution in [3.63, 3.8) is 0 Å². The summed E-state index contributed by atoms with van der Waals surface area (Å²) < 4.78 is 46.7. The van der Waals surface area contributed by atoms with E-state index in [1.54, 1.807) is 13.8 Å². The highest BCUT2D eigenvalue weighted by Crippen LogP contribution is 2.44. The molecule has 11 nitrogen and oxygen atoms in total. The van der Waals surface area contributed by atoms with Crippen LogP contribution in [0.3, 0.4) is 0 Å². The summed E-state index contributed by atoms with van der Waals surface area (Å²) in [4.78, 5) is 30.3. The van der Waals surface area contributed by atoms with Crippen molar-refractivity contribution in [1.82, 2.24) is 5.32 Å². The highest BCUT2D eigenvalue weighted by Gasteiger charge is 2.43. The van der Waals surface area contributed by atoms with Crippen molar-refractivity contribution in [3.05, 3.63) is 65.4 Å². The van der Waals surface area contributed by atoms with Gasteiger partial charge >= 0.3 is 11.9 Å². The first-order valence-corrected chi connectivity index (χ1v) is 15.8. The van der Waals surface area contributed by atoms with Gasteiger partial charge in [-0.15, -0.1) is 0 Å². The lowest BCUT2D eigenvalue weighted by molar-refractivity contribution is -0.143. The van der Waals surface area contributed by atoms with E-state index in [1.165, 1.54) is 32.4 Å². The number of hydrogen-bond donors (Lipinski definition) is 2. The van der Waals surface area contributed by atoms with Gasteiger partial charge in [0.05, 0.1) is 31.3 Å². The van der Waals surface area contributed by atoms with E-state index in [4.69, 9.17) is 18.9 Å². The number of rotatable bonds is 15. The molecule has 2 aromatic rings. The van der Waals surface area contributed by atoms with E-state index in [0.29, 0.717) is 48.0 Å². The van der Waals surface area contributed by atoms with Crippen LogP contribution in [0.2, 0.25) is 0 Å². The summed E-state index contributed by atoms with van der Waals surface area (Å²) in [6.45, 7) is 4.74. The Morgan fingerprint density at radius 2 is 1.74 bits per heavy atom. The van der Waals surface area contributed by atoms with Gasteiger partial charge in [0.25, 0.3) is 0 Å². The lowest BCUT2D eigenvalue weighted by Gasteiger charge is -2.32. The van der Waals surface area contributed by atoms with Crippen molar-refractivity contribution in [3.8, 4) is 11.5 Å². The summed E-state index contributed by atoms with van der Waals surface area (Å²) >= 11 is 0. The molecule has 3 atom stereocenters. The van der Waals surface area contributed by atoms with Gasteiger partial charge in [-0.3, -0.25) is 9.79 Å². The third-order valence-electron chi connectivity index (χ3n) is 7.00. The van der Waals surface area contributed by atoms with Crippen LogP contribution in [-0.4, -0.2) is 84.1 Å². The molecule has 0 aromatic heterocycles. The smallest absolute Gasteiger partial charge is 0.336 e. The van der Waals surface area contributed by atoms with E-state index in [1.807, 2.05) is 30.3 Å². The number of benzene rings is 2. The predicted molar refractivity (Wildman–Crippen MR) is 161 cm³/mol. The van der Waals surface area contributed by atoms with Crippen molar-refractivity contribution in [1.29, 1.82) is 0 Å². The Morgan fingerprint density at radius 3 is 2.40 bits per heavy atom. The summed E-state index contributed by atoms with van der Waals surface area (Å²) in [7, 11) is -1.16. The van der Waals surface area contributed by atoms with Crippen LogP contribution in [0.15, 0.2) is 69.7 Å². The van der Waals surface area contributed by atoms with Crippen LogP contribution in [0.25, 0.3) is 0 Å². The van der Waals surface area contributed by atoms with Gasteiger partial charge in [0.2, 0.25) is 0 Å². The number of unbranched alkanes of at least 4 members (excludes halogenated alkanes) is 1. The number of ether oxygens (including phenoxy) is 4. The van der Waals surface area contributed by atoms with Crippen LogP contribution in [-0.2, 0) is 28.9 Å². The van der Waals surface area contributed by atoms with Gasteiger partial charge in [-0.05, 0) is 63.6 Å². The van der Waals surface area contributed by atoms with E-state index in [0.717, 1.165) is 12.7 Å². The van der Waals surface area contributed by atoms with Crippen molar-refractivity contribution in [2.24, 2.45) is 10.9 Å². The summed E-state index contributed by atoms with van der Waals surface area (Å²) in [6, 6.07) is 13.7.